The first-order chi connectivity index (χ1) is 11.9. The van der Waals surface area contributed by atoms with Crippen LogP contribution in [-0.4, -0.2) is 20.9 Å². The van der Waals surface area contributed by atoms with Crippen LogP contribution < -0.4 is 10.9 Å². The molecule has 0 bridgehead atoms. The van der Waals surface area contributed by atoms with Crippen molar-refractivity contribution in [2.45, 2.75) is 0 Å². The molecule has 0 aliphatic rings. The van der Waals surface area contributed by atoms with E-state index in [0.29, 0.717) is 10.8 Å². The highest BCUT2D eigenvalue weighted by Gasteiger charge is 2.17. The molecule has 0 aliphatic carbocycles. The van der Waals surface area contributed by atoms with E-state index in [9.17, 15) is 24.8 Å². The third-order valence-electron chi connectivity index (χ3n) is 3.55. The number of aromatic amines is 1. The molecule has 0 spiro atoms. The molecular weight excluding hydrogens is 350 g/mol. The average molecular weight is 360 g/mol. The predicted molar refractivity (Wildman–Crippen MR) is 92.3 cm³/mol. The van der Waals surface area contributed by atoms with Gasteiger partial charge in [0.2, 0.25) is 0 Å². The predicted octanol–water partition coefficient (Wildman–Crippen LogP) is 3.05. The van der Waals surface area contributed by atoms with Gasteiger partial charge < -0.3 is 15.4 Å². The van der Waals surface area contributed by atoms with Crippen LogP contribution in [0.3, 0.4) is 0 Å². The number of benzene rings is 2. The molecular formula is C16H10ClN3O5. The summed E-state index contributed by atoms with van der Waals surface area (Å²) in [6.45, 7) is 0. The summed E-state index contributed by atoms with van der Waals surface area (Å²) in [4.78, 5) is 36.5. The minimum absolute atomic E-state index is 0.138. The number of pyridine rings is 1. The fourth-order valence-electron chi connectivity index (χ4n) is 2.32. The van der Waals surface area contributed by atoms with Crippen molar-refractivity contribution in [1.29, 1.82) is 0 Å². The van der Waals surface area contributed by atoms with E-state index in [1.807, 2.05) is 0 Å². The van der Waals surface area contributed by atoms with Crippen LogP contribution in [0.1, 0.15) is 10.4 Å². The molecule has 1 heterocycles. The summed E-state index contributed by atoms with van der Waals surface area (Å²) in [6.07, 6.45) is 1.46. The number of carbonyl (C=O) groups excluding carboxylic acids is 1. The van der Waals surface area contributed by atoms with E-state index in [1.54, 1.807) is 6.07 Å². The van der Waals surface area contributed by atoms with E-state index >= 15 is 0 Å². The van der Waals surface area contributed by atoms with Gasteiger partial charge in [0.05, 0.1) is 27.3 Å². The highest BCUT2D eigenvalue weighted by Crippen LogP contribution is 2.29. The van der Waals surface area contributed by atoms with E-state index in [0.717, 1.165) is 18.2 Å². The lowest BCUT2D eigenvalue weighted by molar-refractivity contribution is -0.384. The Morgan fingerprint density at radius 3 is 2.68 bits per heavy atom. The molecule has 0 unspecified atom stereocenters. The van der Waals surface area contributed by atoms with Crippen molar-refractivity contribution in [3.8, 4) is 5.75 Å². The third kappa shape index (κ3) is 3.15. The van der Waals surface area contributed by atoms with Gasteiger partial charge in [-0.15, -0.1) is 0 Å². The van der Waals surface area contributed by atoms with Crippen LogP contribution in [0.15, 0.2) is 47.4 Å². The molecule has 3 N–H and O–H groups in total. The Morgan fingerprint density at radius 2 is 2.00 bits per heavy atom. The topological polar surface area (TPSA) is 125 Å². The highest BCUT2D eigenvalue weighted by molar-refractivity contribution is 6.34. The summed E-state index contributed by atoms with van der Waals surface area (Å²) < 4.78 is 0. The Kier molecular flexibility index (Phi) is 4.12. The molecule has 0 radical (unpaired) electrons. The number of halogens is 1. The van der Waals surface area contributed by atoms with Crippen molar-refractivity contribution in [1.82, 2.24) is 4.98 Å². The van der Waals surface area contributed by atoms with Crippen LogP contribution in [0.5, 0.6) is 5.75 Å². The summed E-state index contributed by atoms with van der Waals surface area (Å²) in [5.41, 5.74) is -0.558. The molecule has 126 valence electrons. The van der Waals surface area contributed by atoms with E-state index in [1.165, 1.54) is 18.3 Å². The molecule has 0 saturated heterocycles. The Bertz CT molecular complexity index is 1080. The first-order valence-electron chi connectivity index (χ1n) is 6.96. The largest absolute Gasteiger partial charge is 0.507 e. The summed E-state index contributed by atoms with van der Waals surface area (Å²) >= 11 is 6.09. The molecule has 0 aliphatic heterocycles. The number of nitrogens with zero attached hydrogens (tertiary/aromatic N) is 1. The van der Waals surface area contributed by atoms with Gasteiger partial charge in [0.25, 0.3) is 17.2 Å². The number of hydrogen-bond acceptors (Lipinski definition) is 5. The normalized spacial score (nSPS) is 10.6. The number of H-pyrrole nitrogens is 1. The number of rotatable bonds is 3. The zero-order chi connectivity index (χ0) is 18.1. The van der Waals surface area contributed by atoms with Gasteiger partial charge in [-0.3, -0.25) is 19.7 Å². The third-order valence-corrected chi connectivity index (χ3v) is 3.86. The molecule has 1 aromatic heterocycles. The van der Waals surface area contributed by atoms with Crippen molar-refractivity contribution in [3.05, 3.63) is 73.6 Å². The van der Waals surface area contributed by atoms with Crippen molar-refractivity contribution in [2.24, 2.45) is 0 Å². The quantitative estimate of drug-likeness (QED) is 0.489. The maximum absolute atomic E-state index is 12.3. The molecule has 25 heavy (non-hydrogen) atoms. The number of amides is 1. The number of anilines is 1. The molecule has 3 aromatic rings. The number of fused-ring (bicyclic) bond motifs is 1. The molecule has 9 heteroatoms. The molecule has 0 saturated carbocycles. The van der Waals surface area contributed by atoms with Crippen LogP contribution in [0.25, 0.3) is 10.8 Å². The molecule has 2 aromatic carbocycles. The van der Waals surface area contributed by atoms with Gasteiger partial charge >= 0.3 is 0 Å². The fourth-order valence-corrected chi connectivity index (χ4v) is 2.53. The number of nitro groups is 1. The molecule has 1 amide bonds. The summed E-state index contributed by atoms with van der Waals surface area (Å²) in [5, 5.41) is 24.1. The van der Waals surface area contributed by atoms with E-state index < -0.39 is 16.6 Å². The maximum atomic E-state index is 12.3. The summed E-state index contributed by atoms with van der Waals surface area (Å²) in [6, 6.07) is 7.72. The lowest BCUT2D eigenvalue weighted by Crippen LogP contribution is -2.13. The highest BCUT2D eigenvalue weighted by atomic mass is 35.5. The van der Waals surface area contributed by atoms with Gasteiger partial charge in [-0.05, 0) is 29.7 Å². The summed E-state index contributed by atoms with van der Waals surface area (Å²) in [7, 11) is 0. The number of carbonyl (C=O) groups is 1. The minimum atomic E-state index is -0.696. The Labute approximate surface area is 144 Å². The van der Waals surface area contributed by atoms with E-state index in [2.05, 4.69) is 10.3 Å². The van der Waals surface area contributed by atoms with Gasteiger partial charge in [-0.2, -0.15) is 0 Å². The number of hydrogen-bond donors (Lipinski definition) is 3. The number of aromatic nitrogens is 1. The van der Waals surface area contributed by atoms with Gasteiger partial charge in [-0.1, -0.05) is 11.6 Å². The number of phenols is 1. The number of phenolic OH excluding ortho intramolecular Hbond substituents is 1. The van der Waals surface area contributed by atoms with E-state index in [-0.39, 0.29) is 27.5 Å². The second-order valence-corrected chi connectivity index (χ2v) is 5.55. The van der Waals surface area contributed by atoms with Crippen molar-refractivity contribution in [2.75, 3.05) is 5.32 Å². The molecule has 8 nitrogen and oxygen atoms in total. The van der Waals surface area contributed by atoms with Gasteiger partial charge in [0.1, 0.15) is 5.75 Å². The van der Waals surface area contributed by atoms with Gasteiger partial charge in [-0.25, -0.2) is 0 Å². The van der Waals surface area contributed by atoms with E-state index in [4.69, 9.17) is 11.6 Å². The number of non-ortho nitro benzene ring substituents is 1. The zero-order valence-electron chi connectivity index (χ0n) is 12.4. The minimum Gasteiger partial charge on any atom is -0.507 e. The lowest BCUT2D eigenvalue weighted by Gasteiger charge is -2.09. The Balaban J connectivity index is 1.96. The first kappa shape index (κ1) is 16.5. The van der Waals surface area contributed by atoms with Crippen molar-refractivity contribution >= 4 is 39.7 Å². The second-order valence-electron chi connectivity index (χ2n) is 5.14. The molecule has 0 fully saturated rings. The van der Waals surface area contributed by atoms with Gasteiger partial charge in [0.15, 0.2) is 0 Å². The monoisotopic (exact) mass is 359 g/mol. The van der Waals surface area contributed by atoms with Crippen LogP contribution in [0.4, 0.5) is 11.4 Å². The smallest absolute Gasteiger partial charge is 0.273 e. The number of nitro benzene ring substituents is 1. The summed E-state index contributed by atoms with van der Waals surface area (Å²) in [5.74, 6) is -1.22. The SMILES string of the molecule is O=C(Nc1cc2cc[nH]c(=O)c2cc1Cl)c1ccc([N+](=O)[O-])cc1O. The van der Waals surface area contributed by atoms with Crippen LogP contribution in [0.2, 0.25) is 5.02 Å². The first-order valence-corrected chi connectivity index (χ1v) is 7.34. The number of nitrogens with one attached hydrogen (secondary N) is 2. The lowest BCUT2D eigenvalue weighted by atomic mass is 10.1. The van der Waals surface area contributed by atoms with Crippen LogP contribution in [0, 0.1) is 10.1 Å². The zero-order valence-corrected chi connectivity index (χ0v) is 13.2. The average Bonchev–Trinajstić information content (AvgIpc) is 2.56. The Hall–Kier alpha value is -3.39. The second kappa shape index (κ2) is 6.25. The van der Waals surface area contributed by atoms with Gasteiger partial charge in [0, 0.05) is 17.6 Å². The van der Waals surface area contributed by atoms with Crippen LogP contribution in [-0.2, 0) is 0 Å². The standard InChI is InChI=1S/C16H10ClN3O5/c17-12-7-11-8(3-4-18-15(11)22)5-13(12)19-16(23)10-2-1-9(20(24)25)6-14(10)21/h1-7,21H,(H,18,22)(H,19,23). The fraction of sp³-hybridized carbons (Fsp3) is 0. The Morgan fingerprint density at radius 1 is 1.24 bits per heavy atom. The molecule has 3 rings (SSSR count). The molecule has 0 atom stereocenters. The van der Waals surface area contributed by atoms with Crippen molar-refractivity contribution < 1.29 is 14.8 Å². The van der Waals surface area contributed by atoms with Crippen LogP contribution >= 0.6 is 11.6 Å². The van der Waals surface area contributed by atoms with Crippen molar-refractivity contribution in [3.63, 3.8) is 0 Å². The number of aromatic hydroxyl groups is 1. The maximum Gasteiger partial charge on any atom is 0.273 e.